The molecule has 1 aromatic carbocycles. The molecule has 1 amide bonds. The SMILES string of the molecule is CCCCOc1ccc(S(=O)(=O)N(C)C[C@](CCC(C)C)(C(=O)O)C(=O)N2CCCCC2)cc1.NO. The predicted octanol–water partition coefficient (Wildman–Crippen LogP) is 3.34. The van der Waals surface area contributed by atoms with Crippen molar-refractivity contribution >= 4 is 21.9 Å². The van der Waals surface area contributed by atoms with E-state index in [9.17, 15) is 23.1 Å². The summed E-state index contributed by atoms with van der Waals surface area (Å²) in [5.74, 6) is 2.50. The van der Waals surface area contributed by atoms with Gasteiger partial charge in [0.1, 0.15) is 5.75 Å². The average molecular weight is 530 g/mol. The van der Waals surface area contributed by atoms with Crippen molar-refractivity contribution in [3.8, 4) is 5.75 Å². The summed E-state index contributed by atoms with van der Waals surface area (Å²) in [5, 5.41) is 16.8. The van der Waals surface area contributed by atoms with Crippen molar-refractivity contribution in [1.82, 2.24) is 9.21 Å². The highest BCUT2D eigenvalue weighted by Gasteiger charge is 2.50. The Bertz CT molecular complexity index is 916. The summed E-state index contributed by atoms with van der Waals surface area (Å²) in [4.78, 5) is 27.8. The van der Waals surface area contributed by atoms with Crippen LogP contribution < -0.4 is 10.6 Å². The largest absolute Gasteiger partial charge is 0.494 e. The van der Waals surface area contributed by atoms with Gasteiger partial charge in [0.25, 0.3) is 0 Å². The fourth-order valence-corrected chi connectivity index (χ4v) is 5.37. The summed E-state index contributed by atoms with van der Waals surface area (Å²) in [6.45, 7) is 7.13. The number of benzene rings is 1. The molecule has 0 aromatic heterocycles. The van der Waals surface area contributed by atoms with Gasteiger partial charge in [-0.25, -0.2) is 14.3 Å². The lowest BCUT2D eigenvalue weighted by molar-refractivity contribution is -0.162. The Balaban J connectivity index is 0.00000316. The van der Waals surface area contributed by atoms with Crippen molar-refractivity contribution in [1.29, 1.82) is 0 Å². The van der Waals surface area contributed by atoms with Gasteiger partial charge in [0.15, 0.2) is 5.41 Å². The predicted molar refractivity (Wildman–Crippen MR) is 137 cm³/mol. The van der Waals surface area contributed by atoms with Crippen LogP contribution in [-0.2, 0) is 19.6 Å². The molecule has 1 aliphatic heterocycles. The number of carboxylic acid groups (broad SMARTS) is 1. The van der Waals surface area contributed by atoms with Crippen LogP contribution in [0.15, 0.2) is 29.2 Å². The summed E-state index contributed by atoms with van der Waals surface area (Å²) in [5.41, 5.74) is -1.83. The maximum absolute atomic E-state index is 13.6. The van der Waals surface area contributed by atoms with Crippen LogP contribution in [0.4, 0.5) is 0 Å². The molecule has 2 rings (SSSR count). The highest BCUT2D eigenvalue weighted by molar-refractivity contribution is 7.89. The molecule has 0 radical (unpaired) electrons. The number of piperidine rings is 1. The normalized spacial score (nSPS) is 15.7. The Morgan fingerprint density at radius 2 is 1.72 bits per heavy atom. The van der Waals surface area contributed by atoms with Crippen LogP contribution >= 0.6 is 0 Å². The first-order chi connectivity index (χ1) is 17.0. The van der Waals surface area contributed by atoms with Gasteiger partial charge in [-0.3, -0.25) is 9.59 Å². The third-order valence-corrected chi connectivity index (χ3v) is 8.22. The number of aliphatic carboxylic acids is 1. The molecule has 1 atom stereocenters. The number of hydrogen-bond donors (Lipinski definition) is 3. The zero-order chi connectivity index (χ0) is 27.4. The Labute approximate surface area is 215 Å². The number of ether oxygens (including phenoxy) is 1. The van der Waals surface area contributed by atoms with E-state index in [1.165, 1.54) is 19.2 Å². The van der Waals surface area contributed by atoms with E-state index in [4.69, 9.17) is 9.94 Å². The lowest BCUT2D eigenvalue weighted by atomic mass is 9.79. The van der Waals surface area contributed by atoms with Gasteiger partial charge < -0.3 is 20.0 Å². The summed E-state index contributed by atoms with van der Waals surface area (Å²) >= 11 is 0. The van der Waals surface area contributed by atoms with Gasteiger partial charge in [0.05, 0.1) is 11.5 Å². The molecule has 206 valence electrons. The summed E-state index contributed by atoms with van der Waals surface area (Å²) in [6, 6.07) is 6.10. The van der Waals surface area contributed by atoms with Gasteiger partial charge in [0, 0.05) is 26.7 Å². The van der Waals surface area contributed by atoms with Gasteiger partial charge >= 0.3 is 5.97 Å². The van der Waals surface area contributed by atoms with Crippen molar-refractivity contribution < 1.29 is 33.1 Å². The molecule has 36 heavy (non-hydrogen) atoms. The van der Waals surface area contributed by atoms with Crippen LogP contribution in [-0.4, -0.2) is 73.1 Å². The van der Waals surface area contributed by atoms with Crippen LogP contribution in [0.5, 0.6) is 5.75 Å². The Morgan fingerprint density at radius 3 is 2.22 bits per heavy atom. The van der Waals surface area contributed by atoms with Gasteiger partial charge in [-0.15, -0.1) is 0 Å². The van der Waals surface area contributed by atoms with E-state index in [0.29, 0.717) is 31.9 Å². The number of nitrogens with two attached hydrogens (primary N) is 1. The maximum Gasteiger partial charge on any atom is 0.320 e. The minimum atomic E-state index is -4.01. The molecule has 1 fully saturated rings. The Hall–Kier alpha value is -2.21. The van der Waals surface area contributed by atoms with Crippen molar-refractivity contribution in [3.63, 3.8) is 0 Å². The summed E-state index contributed by atoms with van der Waals surface area (Å²) in [7, 11) is -2.66. The van der Waals surface area contributed by atoms with Crippen molar-refractivity contribution in [3.05, 3.63) is 24.3 Å². The third-order valence-electron chi connectivity index (χ3n) is 6.40. The molecule has 0 aliphatic carbocycles. The van der Waals surface area contributed by atoms with E-state index in [2.05, 4.69) is 12.8 Å². The number of sulfonamides is 1. The molecule has 0 spiro atoms. The lowest BCUT2D eigenvalue weighted by Gasteiger charge is -2.38. The minimum Gasteiger partial charge on any atom is -0.494 e. The van der Waals surface area contributed by atoms with E-state index in [1.807, 2.05) is 13.8 Å². The maximum atomic E-state index is 13.6. The first-order valence-electron chi connectivity index (χ1n) is 12.5. The number of rotatable bonds is 13. The van der Waals surface area contributed by atoms with Gasteiger partial charge in [-0.1, -0.05) is 27.2 Å². The van der Waals surface area contributed by atoms with Crippen LogP contribution in [0.1, 0.15) is 65.7 Å². The summed E-state index contributed by atoms with van der Waals surface area (Å²) in [6.07, 6.45) is 5.14. The van der Waals surface area contributed by atoms with Crippen LogP contribution in [0.3, 0.4) is 0 Å². The lowest BCUT2D eigenvalue weighted by Crippen LogP contribution is -2.55. The fraction of sp³-hybridized carbons (Fsp3) is 0.680. The Morgan fingerprint density at radius 1 is 1.14 bits per heavy atom. The highest BCUT2D eigenvalue weighted by Crippen LogP contribution is 2.33. The molecule has 4 N–H and O–H groups in total. The molecule has 1 aromatic rings. The fourth-order valence-electron chi connectivity index (χ4n) is 4.14. The second-order valence-corrected chi connectivity index (χ2v) is 11.7. The minimum absolute atomic E-state index is 0.0337. The molecule has 11 heteroatoms. The number of carbonyl (C=O) groups is 2. The number of amides is 1. The number of carbonyl (C=O) groups excluding carboxylic acids is 1. The monoisotopic (exact) mass is 529 g/mol. The molecule has 1 heterocycles. The molecule has 1 aliphatic rings. The van der Waals surface area contributed by atoms with Crippen LogP contribution in [0, 0.1) is 11.3 Å². The van der Waals surface area contributed by atoms with Gasteiger partial charge in [0.2, 0.25) is 15.9 Å². The zero-order valence-electron chi connectivity index (χ0n) is 22.0. The second kappa shape index (κ2) is 15.1. The average Bonchev–Trinajstić information content (AvgIpc) is 2.88. The third kappa shape index (κ3) is 8.43. The molecular formula is C25H43N3O7S. The molecule has 1 saturated heterocycles. The number of likely N-dealkylation sites (tertiary alicyclic amines) is 1. The molecule has 10 nitrogen and oxygen atoms in total. The quantitative estimate of drug-likeness (QED) is 0.200. The van der Waals surface area contributed by atoms with E-state index in [1.54, 1.807) is 17.0 Å². The number of unbranched alkanes of at least 4 members (excludes halogenated alkanes) is 1. The van der Waals surface area contributed by atoms with E-state index in [-0.39, 0.29) is 17.2 Å². The van der Waals surface area contributed by atoms with Crippen molar-refractivity contribution in [2.45, 2.75) is 70.6 Å². The van der Waals surface area contributed by atoms with Crippen LogP contribution in [0.25, 0.3) is 0 Å². The van der Waals surface area contributed by atoms with Crippen molar-refractivity contribution in [2.75, 3.05) is 33.3 Å². The molecule has 0 unspecified atom stereocenters. The molecule has 0 bridgehead atoms. The van der Waals surface area contributed by atoms with E-state index in [0.717, 1.165) is 36.4 Å². The standard InChI is InChI=1S/C25H40N2O6S.H3NO/c1-5-6-18-33-21-10-12-22(13-11-21)34(31,32)26(4)19-25(24(29)30,15-14-20(2)3)23(28)27-16-8-7-9-17-27;1-2/h10-13,20H,5-9,14-19H2,1-4H3,(H,29,30);2H,1H2/t25-;/m0./s1. The van der Waals surface area contributed by atoms with Crippen LogP contribution in [0.2, 0.25) is 0 Å². The van der Waals surface area contributed by atoms with E-state index < -0.39 is 33.9 Å². The Kier molecular flexibility index (Phi) is 13.4. The number of nitrogens with zero attached hydrogens (tertiary/aromatic N) is 2. The van der Waals surface area contributed by atoms with Crippen molar-refractivity contribution in [2.24, 2.45) is 17.2 Å². The highest BCUT2D eigenvalue weighted by atomic mass is 32.2. The topological polar surface area (TPSA) is 150 Å². The number of hydrogen-bond acceptors (Lipinski definition) is 7. The van der Waals surface area contributed by atoms with Gasteiger partial charge in [-0.2, -0.15) is 4.31 Å². The molecular weight excluding hydrogens is 486 g/mol. The second-order valence-electron chi connectivity index (χ2n) is 9.61. The zero-order valence-corrected chi connectivity index (χ0v) is 22.8. The first kappa shape index (κ1) is 31.8. The molecule has 0 saturated carbocycles. The van der Waals surface area contributed by atoms with Gasteiger partial charge in [-0.05, 0) is 68.7 Å². The summed E-state index contributed by atoms with van der Waals surface area (Å²) < 4.78 is 33.2. The van der Waals surface area contributed by atoms with E-state index >= 15 is 0 Å². The smallest absolute Gasteiger partial charge is 0.320 e. The number of carboxylic acids is 1. The first-order valence-corrected chi connectivity index (χ1v) is 14.0.